The Morgan fingerprint density at radius 3 is 2.49 bits per heavy atom. The molecule has 0 unspecified atom stereocenters. The highest BCUT2D eigenvalue weighted by Gasteiger charge is 2.70. The molecule has 0 aromatic carbocycles. The van der Waals surface area contributed by atoms with Gasteiger partial charge in [0, 0.05) is 29.6 Å². The molecule has 8 nitrogen and oxygen atoms in total. The van der Waals surface area contributed by atoms with Crippen LogP contribution in [-0.4, -0.2) is 48.3 Å². The molecule has 0 bridgehead atoms. The first-order valence-corrected chi connectivity index (χ1v) is 14.5. The summed E-state index contributed by atoms with van der Waals surface area (Å²) in [7, 11) is 0. The lowest BCUT2D eigenvalue weighted by Crippen LogP contribution is -2.62. The molecule has 4 aliphatic rings. The molecule has 0 spiro atoms. The second-order valence-electron chi connectivity index (χ2n) is 12.1. The normalized spacial score (nSPS) is 34.9. The number of ketones is 3. The topological polar surface area (TPSA) is 113 Å². The number of unbranched alkanes of at least 4 members (excludes halogenated alkanes) is 2. The maximum absolute atomic E-state index is 14.0. The summed E-state index contributed by atoms with van der Waals surface area (Å²) in [5.41, 5.74) is -2.14. The average molecular weight is 543 g/mol. The zero-order valence-corrected chi connectivity index (χ0v) is 23.7. The molecule has 214 valence electrons. The third-order valence-corrected chi connectivity index (χ3v) is 9.90. The predicted octanol–water partition coefficient (Wildman–Crippen LogP) is 5.47. The van der Waals surface area contributed by atoms with Crippen LogP contribution in [0.4, 0.5) is 4.79 Å². The van der Waals surface area contributed by atoms with Gasteiger partial charge in [-0.25, -0.2) is 4.79 Å². The van der Waals surface area contributed by atoms with Gasteiger partial charge in [-0.3, -0.25) is 19.2 Å². The van der Waals surface area contributed by atoms with E-state index in [0.717, 1.165) is 24.8 Å². The summed E-state index contributed by atoms with van der Waals surface area (Å²) in [6.07, 6.45) is 9.67. The average Bonchev–Trinajstić information content (AvgIpc) is 3.18. The van der Waals surface area contributed by atoms with Crippen LogP contribution in [0.2, 0.25) is 0 Å². The lowest BCUT2D eigenvalue weighted by atomic mass is 9.46. The summed E-state index contributed by atoms with van der Waals surface area (Å²) in [5, 5.41) is 0. The predicted molar refractivity (Wildman–Crippen MR) is 143 cm³/mol. The quantitative estimate of drug-likeness (QED) is 0.264. The van der Waals surface area contributed by atoms with Gasteiger partial charge in [0.2, 0.25) is 5.78 Å². The van der Waals surface area contributed by atoms with Gasteiger partial charge < -0.3 is 14.2 Å². The Hall–Kier alpha value is -2.77. The van der Waals surface area contributed by atoms with Crippen molar-refractivity contribution in [3.8, 4) is 0 Å². The van der Waals surface area contributed by atoms with E-state index in [9.17, 15) is 24.0 Å². The molecule has 0 aliphatic heterocycles. The largest absolute Gasteiger partial charge is 0.509 e. The van der Waals surface area contributed by atoms with Crippen molar-refractivity contribution in [3.63, 3.8) is 0 Å². The SMILES string of the molecule is CCCCOC(=O)O[C@]1(C(=O)COC(=O)CCCC)CC[C@H]2[C@@H]3CCC4=CC(=O)C=C[C@]4(C)[C@H]3C(=O)C[C@@]21C. The van der Waals surface area contributed by atoms with Gasteiger partial charge in [-0.15, -0.1) is 0 Å². The van der Waals surface area contributed by atoms with Gasteiger partial charge in [0.1, 0.15) is 5.78 Å². The highest BCUT2D eigenvalue weighted by molar-refractivity contribution is 6.02. The molecule has 6 atom stereocenters. The molecule has 0 heterocycles. The number of carbonyl (C=O) groups excluding carboxylic acids is 5. The van der Waals surface area contributed by atoms with E-state index in [4.69, 9.17) is 14.2 Å². The number of hydrogen-bond acceptors (Lipinski definition) is 8. The third kappa shape index (κ3) is 5.11. The highest BCUT2D eigenvalue weighted by Crippen LogP contribution is 2.67. The minimum absolute atomic E-state index is 0.00724. The lowest BCUT2D eigenvalue weighted by Gasteiger charge is -2.57. The summed E-state index contributed by atoms with van der Waals surface area (Å²) in [6.45, 7) is 7.51. The van der Waals surface area contributed by atoms with Gasteiger partial charge >= 0.3 is 12.1 Å². The lowest BCUT2D eigenvalue weighted by molar-refractivity contribution is -0.176. The first kappa shape index (κ1) is 29.2. The molecule has 0 amide bonds. The van der Waals surface area contributed by atoms with Gasteiger partial charge in [-0.1, -0.05) is 52.2 Å². The number of rotatable bonds is 10. The summed E-state index contributed by atoms with van der Waals surface area (Å²) >= 11 is 0. The van der Waals surface area contributed by atoms with E-state index >= 15 is 0 Å². The Morgan fingerprint density at radius 2 is 1.77 bits per heavy atom. The third-order valence-electron chi connectivity index (χ3n) is 9.90. The molecule has 3 fully saturated rings. The van der Waals surface area contributed by atoms with Crippen LogP contribution in [0.3, 0.4) is 0 Å². The van der Waals surface area contributed by atoms with E-state index in [1.807, 2.05) is 33.8 Å². The fourth-order valence-corrected chi connectivity index (χ4v) is 7.83. The van der Waals surface area contributed by atoms with Crippen molar-refractivity contribution in [1.29, 1.82) is 0 Å². The van der Waals surface area contributed by atoms with Gasteiger partial charge in [0.15, 0.2) is 18.0 Å². The van der Waals surface area contributed by atoms with Crippen molar-refractivity contribution in [1.82, 2.24) is 0 Å². The van der Waals surface area contributed by atoms with Gasteiger partial charge in [0.05, 0.1) is 6.61 Å². The van der Waals surface area contributed by atoms with Gasteiger partial charge in [0.25, 0.3) is 0 Å². The summed E-state index contributed by atoms with van der Waals surface area (Å²) < 4.78 is 16.6. The van der Waals surface area contributed by atoms with Crippen LogP contribution in [-0.2, 0) is 33.4 Å². The molecule has 4 rings (SSSR count). The first-order chi connectivity index (χ1) is 18.5. The number of allylic oxidation sites excluding steroid dienone is 4. The van der Waals surface area contributed by atoms with Crippen LogP contribution in [0.15, 0.2) is 23.8 Å². The molecule has 0 aromatic heterocycles. The van der Waals surface area contributed by atoms with Crippen molar-refractivity contribution in [2.75, 3.05) is 13.2 Å². The summed E-state index contributed by atoms with van der Waals surface area (Å²) in [4.78, 5) is 65.1. The van der Waals surface area contributed by atoms with Crippen LogP contribution >= 0.6 is 0 Å². The van der Waals surface area contributed by atoms with Gasteiger partial charge in [-0.2, -0.15) is 0 Å². The molecule has 0 aromatic rings. The number of fused-ring (bicyclic) bond motifs is 5. The van der Waals surface area contributed by atoms with Crippen LogP contribution in [0.25, 0.3) is 0 Å². The maximum atomic E-state index is 14.0. The Balaban J connectivity index is 1.64. The minimum Gasteiger partial charge on any atom is -0.457 e. The van der Waals surface area contributed by atoms with Crippen molar-refractivity contribution >= 4 is 29.5 Å². The van der Waals surface area contributed by atoms with Crippen LogP contribution in [0.1, 0.15) is 91.9 Å². The number of carbonyl (C=O) groups is 5. The van der Waals surface area contributed by atoms with E-state index in [2.05, 4.69) is 0 Å². The van der Waals surface area contributed by atoms with Crippen molar-refractivity contribution in [2.24, 2.45) is 28.6 Å². The molecular formula is C31H42O8. The van der Waals surface area contributed by atoms with E-state index in [1.165, 1.54) is 0 Å². The molecular weight excluding hydrogens is 500 g/mol. The Kier molecular flexibility index (Phi) is 8.52. The number of Topliss-reactive ketones (excluding diaryl/α,β-unsaturated/α-hetero) is 2. The monoisotopic (exact) mass is 542 g/mol. The summed E-state index contributed by atoms with van der Waals surface area (Å²) in [6, 6.07) is 0. The van der Waals surface area contributed by atoms with Crippen LogP contribution in [0, 0.1) is 28.6 Å². The van der Waals surface area contributed by atoms with Gasteiger partial charge in [-0.05, 0) is 62.5 Å². The van der Waals surface area contributed by atoms with E-state index < -0.39 is 40.9 Å². The Bertz CT molecular complexity index is 1090. The zero-order chi connectivity index (χ0) is 28.4. The number of hydrogen-bond donors (Lipinski definition) is 0. The first-order valence-electron chi connectivity index (χ1n) is 14.5. The van der Waals surface area contributed by atoms with Crippen LogP contribution in [0.5, 0.6) is 0 Å². The molecule has 0 radical (unpaired) electrons. The number of esters is 1. The van der Waals surface area contributed by atoms with E-state index in [1.54, 1.807) is 12.2 Å². The van der Waals surface area contributed by atoms with Crippen molar-refractivity contribution in [3.05, 3.63) is 23.8 Å². The summed E-state index contributed by atoms with van der Waals surface area (Å²) in [5.74, 6) is -1.42. The standard InChI is InChI=1S/C31H42O8/c1-5-7-9-26(35)38-19-25(34)31(39-28(36)37-16-8-6-2)15-13-23-22-11-10-20-17-21(32)12-14-29(20,3)27(22)24(33)18-30(23,31)4/h12,14,17,22-23,27H,5-11,13,15-16,18-19H2,1-4H3/t22-,23-,27+,29-,30-,31-/m0/s1. The zero-order valence-electron chi connectivity index (χ0n) is 23.7. The van der Waals surface area contributed by atoms with E-state index in [0.29, 0.717) is 25.7 Å². The maximum Gasteiger partial charge on any atom is 0.509 e. The van der Waals surface area contributed by atoms with E-state index in [-0.39, 0.29) is 55.2 Å². The Morgan fingerprint density at radius 1 is 1.03 bits per heavy atom. The fraction of sp³-hybridized carbons (Fsp3) is 0.710. The number of ether oxygens (including phenoxy) is 3. The fourth-order valence-electron chi connectivity index (χ4n) is 7.83. The molecule has 0 saturated heterocycles. The molecule has 3 saturated carbocycles. The highest BCUT2D eigenvalue weighted by atomic mass is 16.7. The van der Waals surface area contributed by atoms with Crippen molar-refractivity contribution < 1.29 is 38.2 Å². The van der Waals surface area contributed by atoms with Crippen molar-refractivity contribution in [2.45, 2.75) is 97.5 Å². The molecule has 4 aliphatic carbocycles. The smallest absolute Gasteiger partial charge is 0.457 e. The van der Waals surface area contributed by atoms with Crippen LogP contribution < -0.4 is 0 Å². The molecule has 39 heavy (non-hydrogen) atoms. The second-order valence-corrected chi connectivity index (χ2v) is 12.1. The second kappa shape index (κ2) is 11.4. The molecule has 8 heteroatoms. The minimum atomic E-state index is -1.62. The Labute approximate surface area is 230 Å². The molecule has 0 N–H and O–H groups in total.